The number of hydrogen-bond acceptors (Lipinski definition) is 4. The van der Waals surface area contributed by atoms with E-state index >= 15 is 0 Å². The van der Waals surface area contributed by atoms with Gasteiger partial charge in [0.2, 0.25) is 0 Å². The highest BCUT2D eigenvalue weighted by molar-refractivity contribution is 6.20. The van der Waals surface area contributed by atoms with Gasteiger partial charge in [0.15, 0.2) is 17.5 Å². The van der Waals surface area contributed by atoms with Gasteiger partial charge in [-0.1, -0.05) is 188 Å². The van der Waals surface area contributed by atoms with E-state index in [1.807, 2.05) is 30.3 Å². The van der Waals surface area contributed by atoms with Crippen molar-refractivity contribution < 1.29 is 4.42 Å². The standard InChI is InChI=1S/C69H42N6O/c1-2-19-43(20-3-1)44-39-41-45(42-40-44)67-70-68(72-69(71-67)53-28-17-38-63-64(53)51-26-9-15-37-62(51)76-63)50-25-8-14-33-58(50)75-60-35-18-34-59(73-54-29-10-4-21-46(54)47-22-5-11-30-55(47)73)65(60)52-27-16-36-61(66(52)75)74-56-31-12-6-23-48(56)49-24-7-13-32-57(49)74/h1-42H. The van der Waals surface area contributed by atoms with E-state index in [1.165, 1.54) is 21.5 Å². The van der Waals surface area contributed by atoms with Gasteiger partial charge in [-0.25, -0.2) is 15.0 Å². The molecule has 0 N–H and O–H groups in total. The van der Waals surface area contributed by atoms with Crippen LogP contribution in [-0.4, -0.2) is 28.7 Å². The van der Waals surface area contributed by atoms with E-state index in [2.05, 4.69) is 238 Å². The normalized spacial score (nSPS) is 11.9. The monoisotopic (exact) mass is 970 g/mol. The van der Waals surface area contributed by atoms with Gasteiger partial charge in [0, 0.05) is 59.8 Å². The topological polar surface area (TPSA) is 66.6 Å². The molecule has 0 fully saturated rings. The SMILES string of the molecule is c1ccc(-c2ccc(-c3nc(-c4ccccc4-n4c5cccc(-n6c7ccccc7c7ccccc76)c5c5cccc(-n6c7ccccc7c7ccccc76)c54)nc(-c4cccc5oc6ccccc6c45)n3)cc2)cc1. The Kier molecular flexibility index (Phi) is 9.20. The smallest absolute Gasteiger partial charge is 0.166 e. The van der Waals surface area contributed by atoms with Gasteiger partial charge in [0.1, 0.15) is 11.2 Å². The van der Waals surface area contributed by atoms with Crippen LogP contribution in [0.25, 0.3) is 150 Å². The first kappa shape index (κ1) is 42.2. The third kappa shape index (κ3) is 6.26. The minimum Gasteiger partial charge on any atom is -0.456 e. The van der Waals surface area contributed by atoms with E-state index in [0.717, 1.165) is 111 Å². The molecule has 0 aliphatic rings. The third-order valence-electron chi connectivity index (χ3n) is 15.3. The maximum atomic E-state index is 6.45. The molecule has 16 aromatic rings. The molecule has 5 heterocycles. The van der Waals surface area contributed by atoms with Crippen molar-refractivity contribution >= 4 is 87.4 Å². The first-order valence-electron chi connectivity index (χ1n) is 25.7. The predicted octanol–water partition coefficient (Wildman–Crippen LogP) is 17.7. The van der Waals surface area contributed by atoms with Gasteiger partial charge >= 0.3 is 0 Å². The number of benzene rings is 11. The summed E-state index contributed by atoms with van der Waals surface area (Å²) >= 11 is 0. The quantitative estimate of drug-likeness (QED) is 0.160. The molecule has 0 aliphatic heterocycles. The number of furan rings is 1. The lowest BCUT2D eigenvalue weighted by molar-refractivity contribution is 0.669. The average molecular weight is 971 g/mol. The molecule has 0 spiro atoms. The van der Waals surface area contributed by atoms with Crippen LogP contribution in [0.5, 0.6) is 0 Å². The summed E-state index contributed by atoms with van der Waals surface area (Å²) < 4.78 is 13.8. The maximum absolute atomic E-state index is 6.45. The summed E-state index contributed by atoms with van der Waals surface area (Å²) in [4.78, 5) is 16.4. The van der Waals surface area contributed by atoms with E-state index in [1.54, 1.807) is 0 Å². The Hall–Kier alpha value is -10.4. The van der Waals surface area contributed by atoms with Crippen LogP contribution in [0.1, 0.15) is 0 Å². The molecule has 0 amide bonds. The van der Waals surface area contributed by atoms with Gasteiger partial charge in [0.05, 0.1) is 50.2 Å². The Morgan fingerprint density at radius 3 is 1.37 bits per heavy atom. The second-order valence-electron chi connectivity index (χ2n) is 19.5. The molecular weight excluding hydrogens is 929 g/mol. The Balaban J connectivity index is 1.01. The highest BCUT2D eigenvalue weighted by Gasteiger charge is 2.26. The van der Waals surface area contributed by atoms with Crippen molar-refractivity contribution in [1.29, 1.82) is 0 Å². The van der Waals surface area contributed by atoms with Crippen molar-refractivity contribution in [3.05, 3.63) is 255 Å². The van der Waals surface area contributed by atoms with Gasteiger partial charge in [-0.15, -0.1) is 0 Å². The summed E-state index contributed by atoms with van der Waals surface area (Å²) in [6.45, 7) is 0. The van der Waals surface area contributed by atoms with Crippen molar-refractivity contribution in [2.45, 2.75) is 0 Å². The molecule has 11 aromatic carbocycles. The predicted molar refractivity (Wildman–Crippen MR) is 312 cm³/mol. The fourth-order valence-electron chi connectivity index (χ4n) is 12.1. The van der Waals surface area contributed by atoms with E-state index in [-0.39, 0.29) is 0 Å². The first-order valence-corrected chi connectivity index (χ1v) is 25.7. The lowest BCUT2D eigenvalue weighted by atomic mass is 10.0. The molecule has 5 aromatic heterocycles. The molecule has 16 rings (SSSR count). The van der Waals surface area contributed by atoms with Crippen LogP contribution in [0.15, 0.2) is 259 Å². The van der Waals surface area contributed by atoms with Gasteiger partial charge in [-0.2, -0.15) is 0 Å². The van der Waals surface area contributed by atoms with Crippen LogP contribution >= 0.6 is 0 Å². The molecule has 0 aliphatic carbocycles. The molecule has 0 saturated heterocycles. The van der Waals surface area contributed by atoms with E-state index < -0.39 is 0 Å². The number of para-hydroxylation sites is 7. The van der Waals surface area contributed by atoms with Crippen molar-refractivity contribution in [1.82, 2.24) is 28.7 Å². The van der Waals surface area contributed by atoms with Crippen LogP contribution in [0.4, 0.5) is 0 Å². The number of aromatic nitrogens is 6. The fourth-order valence-corrected chi connectivity index (χ4v) is 12.1. The van der Waals surface area contributed by atoms with Crippen molar-refractivity contribution in [2.75, 3.05) is 0 Å². The zero-order valence-corrected chi connectivity index (χ0v) is 40.8. The summed E-state index contributed by atoms with van der Waals surface area (Å²) in [5.74, 6) is 1.68. The molecule has 0 unspecified atom stereocenters. The second kappa shape index (κ2) is 16.6. The van der Waals surface area contributed by atoms with Crippen LogP contribution in [-0.2, 0) is 0 Å². The molecule has 7 heteroatoms. The van der Waals surface area contributed by atoms with Crippen LogP contribution in [0.2, 0.25) is 0 Å². The molecule has 0 radical (unpaired) electrons. The minimum atomic E-state index is 0.551. The van der Waals surface area contributed by atoms with Crippen molar-refractivity contribution in [3.8, 4) is 62.4 Å². The summed E-state index contributed by atoms with van der Waals surface area (Å²) in [6, 6.07) is 90.4. The molecular formula is C69H42N6O. The molecule has 354 valence electrons. The summed E-state index contributed by atoms with van der Waals surface area (Å²) in [5.41, 5.74) is 16.2. The highest BCUT2D eigenvalue weighted by atomic mass is 16.3. The Labute approximate surface area is 435 Å². The van der Waals surface area contributed by atoms with Crippen LogP contribution in [0, 0.1) is 0 Å². The lowest BCUT2D eigenvalue weighted by Gasteiger charge is -2.17. The van der Waals surface area contributed by atoms with Crippen LogP contribution < -0.4 is 0 Å². The lowest BCUT2D eigenvalue weighted by Crippen LogP contribution is -2.05. The molecule has 0 bridgehead atoms. The number of hydrogen-bond donors (Lipinski definition) is 0. The zero-order valence-electron chi connectivity index (χ0n) is 40.8. The maximum Gasteiger partial charge on any atom is 0.166 e. The Bertz CT molecular complexity index is 4890. The summed E-state index contributed by atoms with van der Waals surface area (Å²) in [5, 5.41) is 9.05. The van der Waals surface area contributed by atoms with Gasteiger partial charge in [-0.3, -0.25) is 0 Å². The average Bonchev–Trinajstić information content (AvgIpc) is 4.43. The van der Waals surface area contributed by atoms with Gasteiger partial charge in [0.25, 0.3) is 0 Å². The third-order valence-corrected chi connectivity index (χ3v) is 15.3. The van der Waals surface area contributed by atoms with Gasteiger partial charge < -0.3 is 18.1 Å². The van der Waals surface area contributed by atoms with E-state index in [0.29, 0.717) is 17.5 Å². The minimum absolute atomic E-state index is 0.551. The fraction of sp³-hybridized carbons (Fsp3) is 0. The summed E-state index contributed by atoms with van der Waals surface area (Å²) in [7, 11) is 0. The first-order chi connectivity index (χ1) is 37.7. The number of rotatable bonds is 7. The molecule has 0 saturated carbocycles. The Morgan fingerprint density at radius 1 is 0.250 bits per heavy atom. The molecule has 7 nitrogen and oxygen atoms in total. The largest absolute Gasteiger partial charge is 0.456 e. The summed E-state index contributed by atoms with van der Waals surface area (Å²) in [6.07, 6.45) is 0. The second-order valence-corrected chi connectivity index (χ2v) is 19.5. The highest BCUT2D eigenvalue weighted by Crippen LogP contribution is 2.45. The van der Waals surface area contributed by atoms with Crippen molar-refractivity contribution in [3.63, 3.8) is 0 Å². The van der Waals surface area contributed by atoms with Gasteiger partial charge in [-0.05, 0) is 77.9 Å². The molecule has 0 atom stereocenters. The molecule has 76 heavy (non-hydrogen) atoms. The number of nitrogens with zero attached hydrogens (tertiary/aromatic N) is 6. The van der Waals surface area contributed by atoms with Crippen LogP contribution in [0.3, 0.4) is 0 Å². The van der Waals surface area contributed by atoms with E-state index in [9.17, 15) is 0 Å². The van der Waals surface area contributed by atoms with E-state index in [4.69, 9.17) is 19.4 Å². The number of fused-ring (bicyclic) bond motifs is 12. The Morgan fingerprint density at radius 2 is 0.684 bits per heavy atom. The zero-order chi connectivity index (χ0) is 49.8. The van der Waals surface area contributed by atoms with Crippen molar-refractivity contribution in [2.24, 2.45) is 0 Å².